The average molecular weight is 374 g/mol. The molecular formula is C20H18N6O2. The molecular weight excluding hydrogens is 356 g/mol. The van der Waals surface area contributed by atoms with Gasteiger partial charge < -0.3 is 11.1 Å². The topological polar surface area (TPSA) is 108 Å². The van der Waals surface area contributed by atoms with Crippen molar-refractivity contribution < 1.29 is 9.59 Å². The summed E-state index contributed by atoms with van der Waals surface area (Å²) < 4.78 is 3.56. The smallest absolute Gasteiger partial charge is 0.248 e. The number of primary amides is 1. The number of benzene rings is 2. The van der Waals surface area contributed by atoms with Crippen LogP contribution in [0, 0.1) is 0 Å². The van der Waals surface area contributed by atoms with Crippen molar-refractivity contribution in [2.75, 3.05) is 7.05 Å². The highest BCUT2D eigenvalue weighted by Gasteiger charge is 2.17. The van der Waals surface area contributed by atoms with E-state index in [2.05, 4.69) is 15.4 Å². The van der Waals surface area contributed by atoms with Gasteiger partial charge in [-0.15, -0.1) is 0 Å². The van der Waals surface area contributed by atoms with Gasteiger partial charge in [-0.25, -0.2) is 4.98 Å². The molecule has 2 heterocycles. The van der Waals surface area contributed by atoms with E-state index in [9.17, 15) is 9.59 Å². The zero-order valence-electron chi connectivity index (χ0n) is 15.2. The normalized spacial score (nSPS) is 10.9. The van der Waals surface area contributed by atoms with Crippen LogP contribution >= 0.6 is 0 Å². The van der Waals surface area contributed by atoms with Crippen molar-refractivity contribution in [2.45, 2.75) is 6.42 Å². The Bertz CT molecular complexity index is 1180. The second kappa shape index (κ2) is 6.99. The summed E-state index contributed by atoms with van der Waals surface area (Å²) in [6.07, 6.45) is 3.64. The van der Waals surface area contributed by atoms with E-state index in [0.29, 0.717) is 17.2 Å². The molecule has 28 heavy (non-hydrogen) atoms. The van der Waals surface area contributed by atoms with E-state index in [4.69, 9.17) is 5.73 Å². The second-order valence-corrected chi connectivity index (χ2v) is 6.28. The highest BCUT2D eigenvalue weighted by atomic mass is 16.1. The molecule has 3 N–H and O–H groups in total. The maximum atomic E-state index is 11.8. The van der Waals surface area contributed by atoms with Crippen LogP contribution in [0.15, 0.2) is 60.9 Å². The molecule has 0 fully saturated rings. The lowest BCUT2D eigenvalue weighted by atomic mass is 10.1. The Hall–Kier alpha value is -3.94. The number of imidazole rings is 1. The molecule has 8 heteroatoms. The van der Waals surface area contributed by atoms with Crippen LogP contribution in [0.1, 0.15) is 16.1 Å². The Morgan fingerprint density at radius 1 is 1.14 bits per heavy atom. The van der Waals surface area contributed by atoms with E-state index >= 15 is 0 Å². The number of carbonyl (C=O) groups excluding carboxylic acids is 2. The summed E-state index contributed by atoms with van der Waals surface area (Å²) >= 11 is 0. The molecule has 0 atom stereocenters. The Kier molecular flexibility index (Phi) is 4.36. The van der Waals surface area contributed by atoms with Gasteiger partial charge in [0, 0.05) is 29.9 Å². The molecule has 0 saturated carbocycles. The molecule has 0 bridgehead atoms. The number of fused-ring (bicyclic) bond motifs is 1. The van der Waals surface area contributed by atoms with Crippen LogP contribution in [0.25, 0.3) is 22.5 Å². The highest BCUT2D eigenvalue weighted by Crippen LogP contribution is 2.22. The fourth-order valence-corrected chi connectivity index (χ4v) is 3.03. The minimum absolute atomic E-state index is 0.124. The molecule has 4 rings (SSSR count). The first kappa shape index (κ1) is 17.5. The molecule has 0 spiro atoms. The fourth-order valence-electron chi connectivity index (χ4n) is 3.03. The van der Waals surface area contributed by atoms with Crippen LogP contribution in [0.2, 0.25) is 0 Å². The minimum Gasteiger partial charge on any atom is -0.366 e. The lowest BCUT2D eigenvalue weighted by Crippen LogP contribution is -2.20. The number of hydrogen-bond donors (Lipinski definition) is 2. The molecule has 0 unspecified atom stereocenters. The maximum Gasteiger partial charge on any atom is 0.248 e. The Morgan fingerprint density at radius 2 is 1.93 bits per heavy atom. The van der Waals surface area contributed by atoms with E-state index < -0.39 is 5.91 Å². The number of nitrogens with zero attached hydrogens (tertiary/aromatic N) is 4. The van der Waals surface area contributed by atoms with E-state index in [1.807, 2.05) is 41.1 Å². The third-order valence-electron chi connectivity index (χ3n) is 4.43. The van der Waals surface area contributed by atoms with Crippen LogP contribution in [-0.4, -0.2) is 38.2 Å². The van der Waals surface area contributed by atoms with Gasteiger partial charge in [0.2, 0.25) is 17.8 Å². The minimum atomic E-state index is -0.492. The summed E-state index contributed by atoms with van der Waals surface area (Å²) in [5, 5.41) is 7.82. The van der Waals surface area contributed by atoms with Gasteiger partial charge in [0.25, 0.3) is 0 Å². The van der Waals surface area contributed by atoms with Crippen LogP contribution in [0.5, 0.6) is 0 Å². The van der Waals surface area contributed by atoms with Crippen LogP contribution in [0.3, 0.4) is 0 Å². The molecule has 0 aliphatic carbocycles. The van der Waals surface area contributed by atoms with Gasteiger partial charge >= 0.3 is 0 Å². The van der Waals surface area contributed by atoms with E-state index in [1.54, 1.807) is 36.1 Å². The van der Waals surface area contributed by atoms with Gasteiger partial charge in [0.05, 0.1) is 23.8 Å². The SMILES string of the molecule is CNC(=O)Cc1cn(-c2ccccc2)c(-n2ncc3cc(C(N)=O)ccc32)n1. The monoisotopic (exact) mass is 374 g/mol. The first-order valence-electron chi connectivity index (χ1n) is 8.69. The predicted octanol–water partition coefficient (Wildman–Crippen LogP) is 1.60. The van der Waals surface area contributed by atoms with Crippen molar-refractivity contribution in [3.05, 3.63) is 72.2 Å². The molecule has 0 aliphatic heterocycles. The van der Waals surface area contributed by atoms with Gasteiger partial charge in [-0.3, -0.25) is 14.2 Å². The number of aromatic nitrogens is 4. The fraction of sp³-hybridized carbons (Fsp3) is 0.100. The Balaban J connectivity index is 1.87. The number of likely N-dealkylation sites (N-methyl/N-ethyl adjacent to an activating group) is 1. The van der Waals surface area contributed by atoms with Crippen molar-refractivity contribution in [1.29, 1.82) is 0 Å². The van der Waals surface area contributed by atoms with Gasteiger partial charge in [-0.1, -0.05) is 18.2 Å². The van der Waals surface area contributed by atoms with E-state index in [-0.39, 0.29) is 12.3 Å². The van der Waals surface area contributed by atoms with Crippen LogP contribution in [0.4, 0.5) is 0 Å². The number of nitrogens with one attached hydrogen (secondary N) is 1. The molecule has 4 aromatic rings. The van der Waals surface area contributed by atoms with Crippen molar-refractivity contribution in [2.24, 2.45) is 5.73 Å². The van der Waals surface area contributed by atoms with Crippen molar-refractivity contribution in [1.82, 2.24) is 24.6 Å². The largest absolute Gasteiger partial charge is 0.366 e. The van der Waals surface area contributed by atoms with Crippen LogP contribution in [-0.2, 0) is 11.2 Å². The number of amides is 2. The number of nitrogens with two attached hydrogens (primary N) is 1. The maximum absolute atomic E-state index is 11.8. The zero-order valence-corrected chi connectivity index (χ0v) is 15.2. The summed E-state index contributed by atoms with van der Waals surface area (Å²) in [4.78, 5) is 27.9. The lowest BCUT2D eigenvalue weighted by molar-refractivity contribution is -0.120. The van der Waals surface area contributed by atoms with Crippen LogP contribution < -0.4 is 11.1 Å². The summed E-state index contributed by atoms with van der Waals surface area (Å²) in [5.41, 5.74) is 8.07. The predicted molar refractivity (Wildman–Crippen MR) is 104 cm³/mol. The lowest BCUT2D eigenvalue weighted by Gasteiger charge is -2.08. The van der Waals surface area contributed by atoms with Gasteiger partial charge in [0.15, 0.2) is 0 Å². The Morgan fingerprint density at radius 3 is 2.64 bits per heavy atom. The molecule has 0 aliphatic rings. The average Bonchev–Trinajstić information content (AvgIpc) is 3.31. The van der Waals surface area contributed by atoms with Gasteiger partial charge in [0.1, 0.15) is 0 Å². The summed E-state index contributed by atoms with van der Waals surface area (Å²) in [5.74, 6) is -0.0686. The quantitative estimate of drug-likeness (QED) is 0.553. The molecule has 2 amide bonds. The zero-order chi connectivity index (χ0) is 19.7. The third-order valence-corrected chi connectivity index (χ3v) is 4.43. The first-order valence-corrected chi connectivity index (χ1v) is 8.69. The van der Waals surface area contributed by atoms with Crippen molar-refractivity contribution >= 4 is 22.7 Å². The number of para-hydroxylation sites is 1. The first-order chi connectivity index (χ1) is 13.6. The summed E-state index contributed by atoms with van der Waals surface area (Å²) in [6, 6.07) is 14.8. The van der Waals surface area contributed by atoms with E-state index in [1.165, 1.54) is 0 Å². The molecule has 2 aromatic carbocycles. The summed E-state index contributed by atoms with van der Waals surface area (Å²) in [6.45, 7) is 0. The second-order valence-electron chi connectivity index (χ2n) is 6.28. The standard InChI is InChI=1S/C20H18N6O2/c1-22-18(27)10-15-12-25(16-5-3-2-4-6-16)20(24-15)26-17-8-7-13(19(21)28)9-14(17)11-23-26/h2-9,11-12H,10H2,1H3,(H2,21,28)(H,22,27). The van der Waals surface area contributed by atoms with Gasteiger partial charge in [-0.05, 0) is 30.3 Å². The third kappa shape index (κ3) is 3.11. The number of carbonyl (C=O) groups is 2. The Labute approximate surface area is 160 Å². The molecule has 0 radical (unpaired) electrons. The highest BCUT2D eigenvalue weighted by molar-refractivity contribution is 5.97. The summed E-state index contributed by atoms with van der Waals surface area (Å²) in [7, 11) is 1.59. The van der Waals surface area contributed by atoms with Crippen molar-refractivity contribution in [3.8, 4) is 11.6 Å². The number of rotatable bonds is 5. The molecule has 2 aromatic heterocycles. The molecule has 140 valence electrons. The van der Waals surface area contributed by atoms with Crippen molar-refractivity contribution in [3.63, 3.8) is 0 Å². The molecule has 8 nitrogen and oxygen atoms in total. The number of hydrogen-bond acceptors (Lipinski definition) is 4. The van der Waals surface area contributed by atoms with Gasteiger partial charge in [-0.2, -0.15) is 9.78 Å². The van der Waals surface area contributed by atoms with E-state index in [0.717, 1.165) is 16.6 Å². The molecule has 0 saturated heterocycles.